The largest absolute Gasteiger partial charge is 0.341 e. The Morgan fingerprint density at radius 1 is 1.00 bits per heavy atom. The zero-order valence-corrected chi connectivity index (χ0v) is 11.1. The van der Waals surface area contributed by atoms with E-state index in [1.807, 2.05) is 11.0 Å². The van der Waals surface area contributed by atoms with Gasteiger partial charge >= 0.3 is 0 Å². The summed E-state index contributed by atoms with van der Waals surface area (Å²) in [4.78, 5) is 2.04. The summed E-state index contributed by atoms with van der Waals surface area (Å²) in [5.74, 6) is -0.519. The van der Waals surface area contributed by atoms with Crippen LogP contribution in [0.25, 0.3) is 0 Å². The first-order chi connectivity index (χ1) is 9.69. The van der Waals surface area contributed by atoms with Crippen molar-refractivity contribution in [3.8, 4) is 0 Å². The predicted octanol–water partition coefficient (Wildman–Crippen LogP) is 3.16. The molecule has 0 saturated carbocycles. The monoisotopic (exact) mass is 274 g/mol. The molecule has 0 spiro atoms. The molecule has 0 aromatic heterocycles. The van der Waals surface area contributed by atoms with Crippen LogP contribution >= 0.6 is 0 Å². The molecule has 0 saturated heterocycles. The van der Waals surface area contributed by atoms with Gasteiger partial charge in [-0.1, -0.05) is 6.07 Å². The Bertz CT molecular complexity index is 640. The first-order valence-corrected chi connectivity index (χ1v) is 6.73. The lowest BCUT2D eigenvalue weighted by atomic mass is 10.1. The van der Waals surface area contributed by atoms with Gasteiger partial charge in [-0.15, -0.1) is 0 Å². The van der Waals surface area contributed by atoms with E-state index in [0.717, 1.165) is 35.5 Å². The summed E-state index contributed by atoms with van der Waals surface area (Å²) in [7, 11) is 0. The number of hydrogen-bond acceptors (Lipinski definition) is 2. The molecule has 4 heteroatoms. The minimum atomic E-state index is -0.268. The molecule has 0 aliphatic carbocycles. The molecule has 2 nitrogen and oxygen atoms in total. The minimum Gasteiger partial charge on any atom is -0.341 e. The van der Waals surface area contributed by atoms with Crippen LogP contribution in [-0.2, 0) is 12.8 Å². The molecule has 104 valence electrons. The average Bonchev–Trinajstić information content (AvgIpc) is 2.82. The fraction of sp³-hybridized carbons (Fsp3) is 0.250. The Labute approximate surface area is 116 Å². The van der Waals surface area contributed by atoms with E-state index in [2.05, 4.69) is 0 Å². The number of fused-ring (bicyclic) bond motifs is 1. The quantitative estimate of drug-likeness (QED) is 0.931. The van der Waals surface area contributed by atoms with Gasteiger partial charge in [0.05, 0.1) is 0 Å². The standard InChI is InChI=1S/C16H16F2N2/c17-13-3-4-15(12(9-13)5-7-19)20-8-6-11-1-2-14(18)10-16(11)20/h1-4,9-10H,5-8,19H2. The minimum absolute atomic E-state index is 0.252. The molecule has 1 aliphatic rings. The molecule has 0 amide bonds. The molecule has 2 aromatic carbocycles. The molecule has 0 radical (unpaired) electrons. The van der Waals surface area contributed by atoms with E-state index in [9.17, 15) is 8.78 Å². The Morgan fingerprint density at radius 3 is 2.55 bits per heavy atom. The first-order valence-electron chi connectivity index (χ1n) is 6.73. The lowest BCUT2D eigenvalue weighted by Crippen LogP contribution is -2.17. The van der Waals surface area contributed by atoms with Crippen LogP contribution in [0.1, 0.15) is 11.1 Å². The van der Waals surface area contributed by atoms with Crippen LogP contribution in [0.5, 0.6) is 0 Å². The Balaban J connectivity index is 2.05. The number of benzene rings is 2. The molecular weight excluding hydrogens is 258 g/mol. The molecule has 0 unspecified atom stereocenters. The van der Waals surface area contributed by atoms with Crippen molar-refractivity contribution in [1.82, 2.24) is 0 Å². The number of halogens is 2. The number of nitrogens with two attached hydrogens (primary N) is 1. The maximum absolute atomic E-state index is 13.5. The van der Waals surface area contributed by atoms with Crippen molar-refractivity contribution >= 4 is 11.4 Å². The third kappa shape index (κ3) is 2.27. The molecule has 0 atom stereocenters. The van der Waals surface area contributed by atoms with Gasteiger partial charge in [-0.3, -0.25) is 0 Å². The van der Waals surface area contributed by atoms with Crippen molar-refractivity contribution in [2.75, 3.05) is 18.0 Å². The third-order valence-corrected chi connectivity index (χ3v) is 3.69. The van der Waals surface area contributed by atoms with Gasteiger partial charge in [0.15, 0.2) is 0 Å². The number of nitrogens with zero attached hydrogens (tertiary/aromatic N) is 1. The topological polar surface area (TPSA) is 29.3 Å². The third-order valence-electron chi connectivity index (χ3n) is 3.69. The highest BCUT2D eigenvalue weighted by atomic mass is 19.1. The molecular formula is C16H16F2N2. The predicted molar refractivity (Wildman–Crippen MR) is 76.3 cm³/mol. The maximum Gasteiger partial charge on any atom is 0.125 e. The summed E-state index contributed by atoms with van der Waals surface area (Å²) in [6.45, 7) is 1.24. The van der Waals surface area contributed by atoms with Crippen molar-refractivity contribution in [3.05, 3.63) is 59.2 Å². The normalized spacial score (nSPS) is 13.7. The molecule has 2 aromatic rings. The van der Waals surface area contributed by atoms with E-state index >= 15 is 0 Å². The molecule has 3 rings (SSSR count). The maximum atomic E-state index is 13.5. The highest BCUT2D eigenvalue weighted by molar-refractivity contribution is 5.72. The SMILES string of the molecule is NCCc1cc(F)ccc1N1CCc2ccc(F)cc21. The fourth-order valence-electron chi connectivity index (χ4n) is 2.78. The van der Waals surface area contributed by atoms with Crippen LogP contribution in [0.3, 0.4) is 0 Å². The number of rotatable bonds is 3. The van der Waals surface area contributed by atoms with Crippen LogP contribution < -0.4 is 10.6 Å². The van der Waals surface area contributed by atoms with E-state index in [1.54, 1.807) is 6.07 Å². The van der Waals surface area contributed by atoms with Gasteiger partial charge in [-0.05, 0) is 60.8 Å². The summed E-state index contributed by atoms with van der Waals surface area (Å²) in [6, 6.07) is 9.54. The van der Waals surface area contributed by atoms with Crippen molar-refractivity contribution in [2.24, 2.45) is 5.73 Å². The van der Waals surface area contributed by atoms with Crippen LogP contribution in [0, 0.1) is 11.6 Å². The van der Waals surface area contributed by atoms with Crippen LogP contribution in [-0.4, -0.2) is 13.1 Å². The van der Waals surface area contributed by atoms with Crippen molar-refractivity contribution in [2.45, 2.75) is 12.8 Å². The fourth-order valence-corrected chi connectivity index (χ4v) is 2.78. The van der Waals surface area contributed by atoms with Crippen LogP contribution in [0.4, 0.5) is 20.2 Å². The second kappa shape index (κ2) is 5.21. The van der Waals surface area contributed by atoms with Gasteiger partial charge in [-0.25, -0.2) is 8.78 Å². The molecule has 20 heavy (non-hydrogen) atoms. The second-order valence-electron chi connectivity index (χ2n) is 4.99. The van der Waals surface area contributed by atoms with Crippen LogP contribution in [0.15, 0.2) is 36.4 Å². The van der Waals surface area contributed by atoms with Gasteiger partial charge in [-0.2, -0.15) is 0 Å². The van der Waals surface area contributed by atoms with E-state index in [0.29, 0.717) is 13.0 Å². The number of hydrogen-bond donors (Lipinski definition) is 1. The zero-order chi connectivity index (χ0) is 14.1. The van der Waals surface area contributed by atoms with E-state index < -0.39 is 0 Å². The Hall–Kier alpha value is -1.94. The molecule has 1 heterocycles. The molecule has 2 N–H and O–H groups in total. The summed E-state index contributed by atoms with van der Waals surface area (Å²) < 4.78 is 26.9. The number of anilines is 2. The summed E-state index contributed by atoms with van der Waals surface area (Å²) in [6.07, 6.45) is 1.48. The Kier molecular flexibility index (Phi) is 3.40. The van der Waals surface area contributed by atoms with Crippen molar-refractivity contribution in [3.63, 3.8) is 0 Å². The lowest BCUT2D eigenvalue weighted by Gasteiger charge is -2.23. The van der Waals surface area contributed by atoms with Crippen molar-refractivity contribution < 1.29 is 8.78 Å². The molecule has 0 bridgehead atoms. The van der Waals surface area contributed by atoms with Gasteiger partial charge in [0.25, 0.3) is 0 Å². The summed E-state index contributed by atoms with van der Waals surface area (Å²) in [5.41, 5.74) is 9.37. The van der Waals surface area contributed by atoms with E-state index in [1.165, 1.54) is 24.3 Å². The van der Waals surface area contributed by atoms with E-state index in [-0.39, 0.29) is 11.6 Å². The van der Waals surface area contributed by atoms with E-state index in [4.69, 9.17) is 5.73 Å². The summed E-state index contributed by atoms with van der Waals surface area (Å²) >= 11 is 0. The van der Waals surface area contributed by atoms with Crippen molar-refractivity contribution in [1.29, 1.82) is 0 Å². The summed E-state index contributed by atoms with van der Waals surface area (Å²) in [5, 5.41) is 0. The first kappa shape index (κ1) is 13.1. The highest BCUT2D eigenvalue weighted by Crippen LogP contribution is 2.37. The van der Waals surface area contributed by atoms with Gasteiger partial charge in [0.2, 0.25) is 0 Å². The van der Waals surface area contributed by atoms with Gasteiger partial charge in [0, 0.05) is 17.9 Å². The van der Waals surface area contributed by atoms with Gasteiger partial charge < -0.3 is 10.6 Å². The molecule has 1 aliphatic heterocycles. The second-order valence-corrected chi connectivity index (χ2v) is 4.99. The Morgan fingerprint density at radius 2 is 1.75 bits per heavy atom. The molecule has 0 fully saturated rings. The highest BCUT2D eigenvalue weighted by Gasteiger charge is 2.22. The average molecular weight is 274 g/mol. The smallest absolute Gasteiger partial charge is 0.125 e. The van der Waals surface area contributed by atoms with Crippen LogP contribution in [0.2, 0.25) is 0 Å². The lowest BCUT2D eigenvalue weighted by molar-refractivity contribution is 0.624. The van der Waals surface area contributed by atoms with Gasteiger partial charge in [0.1, 0.15) is 11.6 Å². The zero-order valence-electron chi connectivity index (χ0n) is 11.1.